The van der Waals surface area contributed by atoms with Crippen LogP contribution < -0.4 is 5.32 Å². The Kier molecular flexibility index (Phi) is 4.17. The van der Waals surface area contributed by atoms with Crippen molar-refractivity contribution < 1.29 is 0 Å². The SMILES string of the molecule is C=C(C)/C=C(/C)NCc1ccc(C)cc1. The molecule has 0 atom stereocenters. The highest BCUT2D eigenvalue weighted by molar-refractivity contribution is 5.22. The fourth-order valence-electron chi connectivity index (χ4n) is 1.37. The van der Waals surface area contributed by atoms with E-state index in [1.54, 1.807) is 0 Å². The first kappa shape index (κ1) is 11.6. The summed E-state index contributed by atoms with van der Waals surface area (Å²) in [5, 5.41) is 3.35. The third kappa shape index (κ3) is 4.50. The average molecular weight is 201 g/mol. The molecule has 1 N–H and O–H groups in total. The van der Waals surface area contributed by atoms with Crippen LogP contribution in [0.2, 0.25) is 0 Å². The van der Waals surface area contributed by atoms with E-state index in [9.17, 15) is 0 Å². The second-order valence-electron chi connectivity index (χ2n) is 4.01. The summed E-state index contributed by atoms with van der Waals surface area (Å²) in [5.41, 5.74) is 4.83. The second-order valence-corrected chi connectivity index (χ2v) is 4.01. The zero-order valence-electron chi connectivity index (χ0n) is 9.80. The van der Waals surface area contributed by atoms with Crippen molar-refractivity contribution >= 4 is 0 Å². The fourth-order valence-corrected chi connectivity index (χ4v) is 1.37. The third-order valence-electron chi connectivity index (χ3n) is 2.15. The summed E-state index contributed by atoms with van der Waals surface area (Å²) in [7, 11) is 0. The molecule has 0 fully saturated rings. The summed E-state index contributed by atoms with van der Waals surface area (Å²) in [6.07, 6.45) is 2.05. The van der Waals surface area contributed by atoms with Crippen LogP contribution in [0.15, 0.2) is 48.2 Å². The molecular weight excluding hydrogens is 182 g/mol. The molecule has 0 saturated carbocycles. The maximum atomic E-state index is 3.85. The summed E-state index contributed by atoms with van der Waals surface area (Å²) in [4.78, 5) is 0. The van der Waals surface area contributed by atoms with Gasteiger partial charge in [0.1, 0.15) is 0 Å². The summed E-state index contributed by atoms with van der Waals surface area (Å²) in [5.74, 6) is 0. The largest absolute Gasteiger partial charge is 0.384 e. The first-order chi connectivity index (χ1) is 7.08. The van der Waals surface area contributed by atoms with Crippen molar-refractivity contribution in [3.05, 3.63) is 59.3 Å². The van der Waals surface area contributed by atoms with Crippen LogP contribution in [0.25, 0.3) is 0 Å². The smallest absolute Gasteiger partial charge is 0.0397 e. The fraction of sp³-hybridized carbons (Fsp3) is 0.286. The monoisotopic (exact) mass is 201 g/mol. The van der Waals surface area contributed by atoms with Crippen molar-refractivity contribution in [1.82, 2.24) is 5.32 Å². The van der Waals surface area contributed by atoms with E-state index >= 15 is 0 Å². The number of hydrogen-bond acceptors (Lipinski definition) is 1. The molecular formula is C14H19N. The van der Waals surface area contributed by atoms with Crippen molar-refractivity contribution in [2.45, 2.75) is 27.3 Å². The van der Waals surface area contributed by atoms with E-state index in [4.69, 9.17) is 0 Å². The first-order valence-electron chi connectivity index (χ1n) is 5.21. The lowest BCUT2D eigenvalue weighted by Crippen LogP contribution is -2.10. The Morgan fingerprint density at radius 1 is 1.27 bits per heavy atom. The van der Waals surface area contributed by atoms with E-state index in [1.165, 1.54) is 11.1 Å². The third-order valence-corrected chi connectivity index (χ3v) is 2.15. The van der Waals surface area contributed by atoms with Gasteiger partial charge in [0.05, 0.1) is 0 Å². The van der Waals surface area contributed by atoms with E-state index in [0.29, 0.717) is 0 Å². The van der Waals surface area contributed by atoms with Gasteiger partial charge in [-0.15, -0.1) is 0 Å². The molecule has 1 aromatic rings. The highest BCUT2D eigenvalue weighted by Gasteiger charge is 1.92. The predicted octanol–water partition coefficient (Wildman–Crippen LogP) is 3.56. The predicted molar refractivity (Wildman–Crippen MR) is 66.6 cm³/mol. The zero-order valence-corrected chi connectivity index (χ0v) is 9.80. The van der Waals surface area contributed by atoms with Gasteiger partial charge < -0.3 is 5.32 Å². The molecule has 0 saturated heterocycles. The van der Waals surface area contributed by atoms with Crippen LogP contribution in [0.3, 0.4) is 0 Å². The molecule has 0 bridgehead atoms. The average Bonchev–Trinajstić information content (AvgIpc) is 2.16. The molecule has 1 aromatic carbocycles. The molecule has 0 radical (unpaired) electrons. The standard InChI is InChI=1S/C14H19N/c1-11(2)9-13(4)15-10-14-7-5-12(3)6-8-14/h5-9,15H,1,10H2,2-4H3/b13-9-. The molecule has 1 nitrogen and oxygen atoms in total. The van der Waals surface area contributed by atoms with Gasteiger partial charge in [0, 0.05) is 12.2 Å². The minimum Gasteiger partial charge on any atom is -0.384 e. The Morgan fingerprint density at radius 3 is 2.40 bits per heavy atom. The Morgan fingerprint density at radius 2 is 1.87 bits per heavy atom. The van der Waals surface area contributed by atoms with E-state index in [1.807, 2.05) is 13.0 Å². The van der Waals surface area contributed by atoms with Gasteiger partial charge in [-0.1, -0.05) is 42.0 Å². The highest BCUT2D eigenvalue weighted by Crippen LogP contribution is 2.04. The zero-order chi connectivity index (χ0) is 11.3. The van der Waals surface area contributed by atoms with Crippen molar-refractivity contribution in [3.63, 3.8) is 0 Å². The van der Waals surface area contributed by atoms with Crippen LogP contribution in [0.5, 0.6) is 0 Å². The highest BCUT2D eigenvalue weighted by atomic mass is 14.9. The molecule has 0 aliphatic heterocycles. The van der Waals surface area contributed by atoms with Crippen LogP contribution >= 0.6 is 0 Å². The summed E-state index contributed by atoms with van der Waals surface area (Å²) in [6.45, 7) is 10.9. The molecule has 1 heteroatoms. The van der Waals surface area contributed by atoms with Crippen LogP contribution in [0.1, 0.15) is 25.0 Å². The Hall–Kier alpha value is -1.50. The van der Waals surface area contributed by atoms with Gasteiger partial charge in [0.15, 0.2) is 0 Å². The minimum atomic E-state index is 0.871. The lowest BCUT2D eigenvalue weighted by atomic mass is 10.1. The summed E-state index contributed by atoms with van der Waals surface area (Å²) in [6, 6.07) is 8.57. The van der Waals surface area contributed by atoms with E-state index in [2.05, 4.69) is 50.0 Å². The Bertz CT molecular complexity index is 357. The van der Waals surface area contributed by atoms with Crippen molar-refractivity contribution in [1.29, 1.82) is 0 Å². The molecule has 0 spiro atoms. The molecule has 80 valence electrons. The van der Waals surface area contributed by atoms with Gasteiger partial charge in [-0.25, -0.2) is 0 Å². The molecule has 0 aromatic heterocycles. The number of aryl methyl sites for hydroxylation is 1. The first-order valence-corrected chi connectivity index (χ1v) is 5.21. The normalized spacial score (nSPS) is 11.3. The molecule has 0 heterocycles. The van der Waals surface area contributed by atoms with Gasteiger partial charge in [-0.3, -0.25) is 0 Å². The van der Waals surface area contributed by atoms with Crippen LogP contribution in [-0.4, -0.2) is 0 Å². The van der Waals surface area contributed by atoms with Crippen LogP contribution in [-0.2, 0) is 6.54 Å². The number of hydrogen-bond donors (Lipinski definition) is 1. The van der Waals surface area contributed by atoms with Gasteiger partial charge in [0.25, 0.3) is 0 Å². The maximum Gasteiger partial charge on any atom is 0.0397 e. The minimum absolute atomic E-state index is 0.871. The topological polar surface area (TPSA) is 12.0 Å². The van der Waals surface area contributed by atoms with Crippen molar-refractivity contribution in [2.75, 3.05) is 0 Å². The van der Waals surface area contributed by atoms with E-state index < -0.39 is 0 Å². The van der Waals surface area contributed by atoms with E-state index in [0.717, 1.165) is 17.8 Å². The summed E-state index contributed by atoms with van der Waals surface area (Å²) >= 11 is 0. The van der Waals surface area contributed by atoms with Crippen LogP contribution in [0.4, 0.5) is 0 Å². The molecule has 15 heavy (non-hydrogen) atoms. The Labute approximate surface area is 92.5 Å². The van der Waals surface area contributed by atoms with Crippen molar-refractivity contribution in [2.24, 2.45) is 0 Å². The maximum absolute atomic E-state index is 3.85. The molecule has 0 unspecified atom stereocenters. The number of rotatable bonds is 4. The van der Waals surface area contributed by atoms with Gasteiger partial charge in [0.2, 0.25) is 0 Å². The molecule has 1 rings (SSSR count). The number of benzene rings is 1. The number of allylic oxidation sites excluding steroid dienone is 3. The molecule has 0 amide bonds. The van der Waals surface area contributed by atoms with Gasteiger partial charge >= 0.3 is 0 Å². The lowest BCUT2D eigenvalue weighted by molar-refractivity contribution is 0.810. The molecule has 0 aliphatic carbocycles. The summed E-state index contributed by atoms with van der Waals surface area (Å²) < 4.78 is 0. The van der Waals surface area contributed by atoms with Gasteiger partial charge in [-0.2, -0.15) is 0 Å². The van der Waals surface area contributed by atoms with Gasteiger partial charge in [-0.05, 0) is 32.4 Å². The van der Waals surface area contributed by atoms with Crippen LogP contribution in [0, 0.1) is 6.92 Å². The molecule has 0 aliphatic rings. The lowest BCUT2D eigenvalue weighted by Gasteiger charge is -2.07. The van der Waals surface area contributed by atoms with E-state index in [-0.39, 0.29) is 0 Å². The number of nitrogens with one attached hydrogen (secondary N) is 1. The Balaban J connectivity index is 2.50. The van der Waals surface area contributed by atoms with Crippen molar-refractivity contribution in [3.8, 4) is 0 Å². The second kappa shape index (κ2) is 5.40. The quantitative estimate of drug-likeness (QED) is 0.734.